The van der Waals surface area contributed by atoms with Crippen molar-refractivity contribution in [3.05, 3.63) is 28.2 Å². The largest absolute Gasteiger partial charge is 0.373 e. The van der Waals surface area contributed by atoms with Crippen LogP contribution >= 0.6 is 15.9 Å². The van der Waals surface area contributed by atoms with E-state index in [9.17, 15) is 0 Å². The van der Waals surface area contributed by atoms with Crippen molar-refractivity contribution in [2.45, 2.75) is 26.8 Å². The van der Waals surface area contributed by atoms with Crippen molar-refractivity contribution < 1.29 is 0 Å². The molecule has 1 N–H and O–H groups in total. The fourth-order valence-electron chi connectivity index (χ4n) is 2.08. The normalized spacial score (nSPS) is 13.7. The highest BCUT2D eigenvalue weighted by atomic mass is 79.9. The molecule has 2 unspecified atom stereocenters. The molecule has 0 amide bonds. The Morgan fingerprint density at radius 3 is 2.63 bits per heavy atom. The summed E-state index contributed by atoms with van der Waals surface area (Å²) in [4.78, 5) is 2.11. The SMILES string of the molecule is CCNC(C)c1ccc(N(C)CC(C)C#N)cc1Br. The maximum Gasteiger partial charge on any atom is 0.0671 e. The molecule has 1 rings (SSSR count). The Labute approximate surface area is 124 Å². The van der Waals surface area contributed by atoms with E-state index in [1.54, 1.807) is 0 Å². The molecule has 0 spiro atoms. The van der Waals surface area contributed by atoms with E-state index in [4.69, 9.17) is 5.26 Å². The van der Waals surface area contributed by atoms with Crippen LogP contribution in [0, 0.1) is 17.2 Å². The van der Waals surface area contributed by atoms with Crippen molar-refractivity contribution in [2.24, 2.45) is 5.92 Å². The maximum atomic E-state index is 8.87. The van der Waals surface area contributed by atoms with Crippen molar-refractivity contribution in [1.29, 1.82) is 5.26 Å². The van der Waals surface area contributed by atoms with E-state index in [-0.39, 0.29) is 5.92 Å². The summed E-state index contributed by atoms with van der Waals surface area (Å²) in [6, 6.07) is 8.96. The third-order valence-corrected chi connectivity index (χ3v) is 3.86. The maximum absolute atomic E-state index is 8.87. The van der Waals surface area contributed by atoms with E-state index in [2.05, 4.69) is 64.3 Å². The number of rotatable bonds is 6. The van der Waals surface area contributed by atoms with Crippen molar-refractivity contribution >= 4 is 21.6 Å². The number of halogens is 1. The molecule has 2 atom stereocenters. The fraction of sp³-hybridized carbons (Fsp3) is 0.533. The highest BCUT2D eigenvalue weighted by Crippen LogP contribution is 2.28. The molecule has 0 saturated carbocycles. The monoisotopic (exact) mass is 323 g/mol. The quantitative estimate of drug-likeness (QED) is 0.867. The van der Waals surface area contributed by atoms with Gasteiger partial charge < -0.3 is 10.2 Å². The predicted octanol–water partition coefficient (Wildman–Crippen LogP) is 3.72. The first-order valence-corrected chi connectivity index (χ1v) is 7.42. The second-order valence-corrected chi connectivity index (χ2v) is 5.75. The van der Waals surface area contributed by atoms with Crippen LogP contribution in [0.2, 0.25) is 0 Å². The van der Waals surface area contributed by atoms with Crippen LogP contribution in [-0.2, 0) is 0 Å². The molecule has 0 fully saturated rings. The molecular formula is C15H22BrN3. The molecule has 3 nitrogen and oxygen atoms in total. The van der Waals surface area contributed by atoms with Crippen LogP contribution in [0.3, 0.4) is 0 Å². The molecule has 0 heterocycles. The van der Waals surface area contributed by atoms with Crippen LogP contribution in [-0.4, -0.2) is 20.1 Å². The lowest BCUT2D eigenvalue weighted by molar-refractivity contribution is 0.596. The lowest BCUT2D eigenvalue weighted by Gasteiger charge is -2.22. The van der Waals surface area contributed by atoms with Gasteiger partial charge in [-0.1, -0.05) is 28.9 Å². The van der Waals surface area contributed by atoms with Gasteiger partial charge in [-0.15, -0.1) is 0 Å². The average Bonchev–Trinajstić information content (AvgIpc) is 2.38. The van der Waals surface area contributed by atoms with Crippen LogP contribution in [0.5, 0.6) is 0 Å². The summed E-state index contributed by atoms with van der Waals surface area (Å²) in [6.07, 6.45) is 0. The van der Waals surface area contributed by atoms with E-state index in [1.807, 2.05) is 14.0 Å². The second kappa shape index (κ2) is 7.52. The van der Waals surface area contributed by atoms with Gasteiger partial charge in [0.15, 0.2) is 0 Å². The summed E-state index contributed by atoms with van der Waals surface area (Å²) >= 11 is 3.64. The first-order valence-electron chi connectivity index (χ1n) is 6.63. The second-order valence-electron chi connectivity index (χ2n) is 4.90. The van der Waals surface area contributed by atoms with E-state index in [1.165, 1.54) is 5.56 Å². The Kier molecular flexibility index (Phi) is 6.33. The number of nitriles is 1. The standard InChI is InChI=1S/C15H22BrN3/c1-5-18-12(3)14-7-6-13(8-15(14)16)19(4)10-11(2)9-17/h6-8,11-12,18H,5,10H2,1-4H3. The topological polar surface area (TPSA) is 39.1 Å². The van der Waals surface area contributed by atoms with Crippen molar-refractivity contribution in [3.8, 4) is 6.07 Å². The minimum atomic E-state index is 0.0316. The summed E-state index contributed by atoms with van der Waals surface area (Å²) < 4.78 is 1.11. The predicted molar refractivity (Wildman–Crippen MR) is 84.3 cm³/mol. The van der Waals surface area contributed by atoms with Crippen LogP contribution in [0.25, 0.3) is 0 Å². The lowest BCUT2D eigenvalue weighted by atomic mass is 10.1. The summed E-state index contributed by atoms with van der Waals surface area (Å²) in [5.41, 5.74) is 2.38. The van der Waals surface area contributed by atoms with Gasteiger partial charge in [-0.3, -0.25) is 0 Å². The molecule has 0 radical (unpaired) electrons. The molecule has 19 heavy (non-hydrogen) atoms. The van der Waals surface area contributed by atoms with E-state index >= 15 is 0 Å². The molecule has 0 aliphatic carbocycles. The Morgan fingerprint density at radius 2 is 2.11 bits per heavy atom. The van der Waals surface area contributed by atoms with Gasteiger partial charge in [0.1, 0.15) is 0 Å². The summed E-state index contributed by atoms with van der Waals surface area (Å²) in [6.45, 7) is 7.90. The number of hydrogen-bond donors (Lipinski definition) is 1. The molecule has 1 aromatic rings. The fourth-order valence-corrected chi connectivity index (χ4v) is 2.79. The van der Waals surface area contributed by atoms with Crippen molar-refractivity contribution in [1.82, 2.24) is 5.32 Å². The summed E-state index contributed by atoms with van der Waals surface area (Å²) in [5, 5.41) is 12.3. The Balaban J connectivity index is 2.84. The third-order valence-electron chi connectivity index (χ3n) is 3.17. The Morgan fingerprint density at radius 1 is 1.42 bits per heavy atom. The molecule has 104 valence electrons. The van der Waals surface area contributed by atoms with Gasteiger partial charge in [-0.25, -0.2) is 0 Å². The molecule has 0 aromatic heterocycles. The van der Waals surface area contributed by atoms with Crippen molar-refractivity contribution in [3.63, 3.8) is 0 Å². The minimum absolute atomic E-state index is 0.0316. The molecule has 0 saturated heterocycles. The molecule has 0 aliphatic heterocycles. The van der Waals surface area contributed by atoms with Crippen LogP contribution in [0.15, 0.2) is 22.7 Å². The van der Waals surface area contributed by atoms with E-state index in [0.717, 1.165) is 23.2 Å². The minimum Gasteiger partial charge on any atom is -0.373 e. The van der Waals surface area contributed by atoms with Gasteiger partial charge in [0.05, 0.1) is 12.0 Å². The van der Waals surface area contributed by atoms with Gasteiger partial charge in [-0.05, 0) is 38.1 Å². The zero-order valence-corrected chi connectivity index (χ0v) is 13.7. The van der Waals surface area contributed by atoms with Crippen LogP contribution in [0.4, 0.5) is 5.69 Å². The first-order chi connectivity index (χ1) is 8.99. The first kappa shape index (κ1) is 16.0. The number of benzene rings is 1. The molecule has 4 heteroatoms. The molecule has 1 aromatic carbocycles. The number of hydrogen-bond acceptors (Lipinski definition) is 3. The Bertz CT molecular complexity index is 453. The third kappa shape index (κ3) is 4.52. The average molecular weight is 324 g/mol. The van der Waals surface area contributed by atoms with Gasteiger partial charge in [0, 0.05) is 29.8 Å². The molecular weight excluding hydrogens is 302 g/mol. The summed E-state index contributed by atoms with van der Waals surface area (Å²) in [7, 11) is 2.02. The van der Waals surface area contributed by atoms with Gasteiger partial charge in [-0.2, -0.15) is 5.26 Å². The molecule has 0 aliphatic rings. The van der Waals surface area contributed by atoms with Gasteiger partial charge >= 0.3 is 0 Å². The smallest absolute Gasteiger partial charge is 0.0671 e. The number of nitrogens with one attached hydrogen (secondary N) is 1. The highest BCUT2D eigenvalue weighted by Gasteiger charge is 2.11. The lowest BCUT2D eigenvalue weighted by Crippen LogP contribution is -2.23. The van der Waals surface area contributed by atoms with E-state index < -0.39 is 0 Å². The zero-order chi connectivity index (χ0) is 14.4. The number of anilines is 1. The Hall–Kier alpha value is -1.05. The van der Waals surface area contributed by atoms with Crippen LogP contribution < -0.4 is 10.2 Å². The van der Waals surface area contributed by atoms with Gasteiger partial charge in [0.2, 0.25) is 0 Å². The summed E-state index contributed by atoms with van der Waals surface area (Å²) in [5.74, 6) is 0.0316. The zero-order valence-electron chi connectivity index (χ0n) is 12.1. The molecule has 0 bridgehead atoms. The van der Waals surface area contributed by atoms with Crippen molar-refractivity contribution in [2.75, 3.05) is 25.0 Å². The highest BCUT2D eigenvalue weighted by molar-refractivity contribution is 9.10. The van der Waals surface area contributed by atoms with Gasteiger partial charge in [0.25, 0.3) is 0 Å². The van der Waals surface area contributed by atoms with Crippen LogP contribution in [0.1, 0.15) is 32.4 Å². The number of nitrogens with zero attached hydrogens (tertiary/aromatic N) is 2. The van der Waals surface area contributed by atoms with E-state index in [0.29, 0.717) is 6.04 Å².